The molecule has 1 saturated carbocycles. The number of carbonyl (C=O) groups excluding carboxylic acids is 1. The van der Waals surface area contributed by atoms with Crippen molar-refractivity contribution in [1.82, 2.24) is 9.10 Å². The maximum atomic E-state index is 12.1. The summed E-state index contributed by atoms with van der Waals surface area (Å²) in [6, 6.07) is 16.0. The molecular formula is C29H22Cl3N3O4S2. The van der Waals surface area contributed by atoms with Crippen molar-refractivity contribution >= 4 is 68.0 Å². The molecule has 12 heteroatoms. The SMILES string of the molecule is O=C1NS(=O)(=O)c2ccc(N3CC(c4ccc(OCc5c(-c6c(Cl)cccc6Cl)nsc5C5CC5)cc4Cl)C3)cc21. The van der Waals surface area contributed by atoms with Crippen LogP contribution < -0.4 is 14.4 Å². The van der Waals surface area contributed by atoms with Crippen molar-refractivity contribution in [3.63, 3.8) is 0 Å². The zero-order valence-corrected chi connectivity index (χ0v) is 25.3. The number of aromatic nitrogens is 1. The third-order valence-corrected chi connectivity index (χ3v) is 11.1. The Labute approximate surface area is 256 Å². The average molecular weight is 647 g/mol. The van der Waals surface area contributed by atoms with Crippen LogP contribution in [0.15, 0.2) is 59.5 Å². The topological polar surface area (TPSA) is 88.6 Å². The first-order chi connectivity index (χ1) is 19.7. The normalized spacial score (nSPS) is 17.7. The number of fused-ring (bicyclic) bond motifs is 1. The molecular weight excluding hydrogens is 625 g/mol. The molecule has 1 saturated heterocycles. The molecule has 1 amide bonds. The number of amides is 1. The fourth-order valence-electron chi connectivity index (χ4n) is 5.38. The summed E-state index contributed by atoms with van der Waals surface area (Å²) in [4.78, 5) is 15.4. The van der Waals surface area contributed by atoms with Crippen LogP contribution in [0, 0.1) is 0 Å². The van der Waals surface area contributed by atoms with Crippen molar-refractivity contribution in [2.45, 2.75) is 36.2 Å². The number of benzene rings is 3. The van der Waals surface area contributed by atoms with Crippen LogP contribution in [0.2, 0.25) is 15.1 Å². The van der Waals surface area contributed by atoms with E-state index in [9.17, 15) is 13.2 Å². The molecule has 1 aliphatic carbocycles. The molecule has 3 heterocycles. The molecule has 2 fully saturated rings. The summed E-state index contributed by atoms with van der Waals surface area (Å²) in [5.41, 5.74) is 4.50. The molecule has 41 heavy (non-hydrogen) atoms. The Balaban J connectivity index is 1.06. The Bertz CT molecular complexity index is 1810. The van der Waals surface area contributed by atoms with Crippen LogP contribution in [0.25, 0.3) is 11.3 Å². The molecule has 0 spiro atoms. The van der Waals surface area contributed by atoms with Gasteiger partial charge in [-0.1, -0.05) is 46.9 Å². The minimum absolute atomic E-state index is 0.0199. The summed E-state index contributed by atoms with van der Waals surface area (Å²) in [5.74, 6) is 0.754. The van der Waals surface area contributed by atoms with Crippen molar-refractivity contribution in [2.75, 3.05) is 18.0 Å². The maximum Gasteiger partial charge on any atom is 0.266 e. The lowest BCUT2D eigenvalue weighted by Gasteiger charge is -2.41. The minimum Gasteiger partial charge on any atom is -0.489 e. The fourth-order valence-corrected chi connectivity index (χ4v) is 8.47. The van der Waals surface area contributed by atoms with Crippen molar-refractivity contribution in [3.05, 3.63) is 91.2 Å². The van der Waals surface area contributed by atoms with Crippen LogP contribution in [0.3, 0.4) is 0 Å². The summed E-state index contributed by atoms with van der Waals surface area (Å²) in [7, 11) is -3.76. The highest BCUT2D eigenvalue weighted by Gasteiger charge is 2.36. The summed E-state index contributed by atoms with van der Waals surface area (Å²) < 4.78 is 37.0. The zero-order chi connectivity index (χ0) is 28.5. The Hall–Kier alpha value is -2.82. The lowest BCUT2D eigenvalue weighted by atomic mass is 9.90. The number of rotatable bonds is 7. The highest BCUT2D eigenvalue weighted by molar-refractivity contribution is 7.90. The molecule has 0 bridgehead atoms. The molecule has 1 aromatic heterocycles. The van der Waals surface area contributed by atoms with Crippen molar-refractivity contribution < 1.29 is 17.9 Å². The minimum atomic E-state index is -3.76. The first-order valence-corrected chi connectivity index (χ1v) is 16.4. The van der Waals surface area contributed by atoms with Crippen molar-refractivity contribution in [2.24, 2.45) is 0 Å². The number of nitrogens with zero attached hydrogens (tertiary/aromatic N) is 2. The number of ether oxygens (including phenoxy) is 1. The Morgan fingerprint density at radius 3 is 2.44 bits per heavy atom. The standard InChI is InChI=1S/C29H22Cl3N3O4S2/c30-22-2-1-3-23(31)26(22)27-21(28(40-33-27)15-4-5-15)14-39-18-7-8-19(24(32)11-18)16-12-35(13-16)17-6-9-25-20(10-17)29(36)34-41(25,37)38/h1-3,6-11,15-16H,4-5,12-14H2,(H,34,36). The van der Waals surface area contributed by atoms with Gasteiger partial charge in [-0.15, -0.1) is 0 Å². The molecule has 0 radical (unpaired) electrons. The van der Waals surface area contributed by atoms with Gasteiger partial charge in [0.25, 0.3) is 15.9 Å². The summed E-state index contributed by atoms with van der Waals surface area (Å²) in [6.07, 6.45) is 2.28. The van der Waals surface area contributed by atoms with Gasteiger partial charge in [-0.2, -0.15) is 4.37 Å². The van der Waals surface area contributed by atoms with E-state index in [-0.39, 0.29) is 16.4 Å². The number of hydrogen-bond donors (Lipinski definition) is 1. The van der Waals surface area contributed by atoms with Gasteiger partial charge in [-0.3, -0.25) is 4.79 Å². The fraction of sp³-hybridized carbons (Fsp3) is 0.241. The van der Waals surface area contributed by atoms with Crippen LogP contribution in [-0.4, -0.2) is 31.8 Å². The molecule has 3 aliphatic rings. The third-order valence-electron chi connectivity index (χ3n) is 7.73. The molecule has 4 aromatic rings. The number of anilines is 1. The van der Waals surface area contributed by atoms with E-state index in [0.717, 1.165) is 40.9 Å². The second-order valence-electron chi connectivity index (χ2n) is 10.4. The van der Waals surface area contributed by atoms with Gasteiger partial charge in [-0.25, -0.2) is 13.1 Å². The van der Waals surface area contributed by atoms with Gasteiger partial charge in [0.1, 0.15) is 17.3 Å². The summed E-state index contributed by atoms with van der Waals surface area (Å²) in [5, 5.41) is 1.73. The highest BCUT2D eigenvalue weighted by Crippen LogP contribution is 2.48. The lowest BCUT2D eigenvalue weighted by Crippen LogP contribution is -2.45. The second-order valence-corrected chi connectivity index (χ2v) is 14.1. The van der Waals surface area contributed by atoms with Crippen LogP contribution in [0.1, 0.15) is 51.0 Å². The van der Waals surface area contributed by atoms with Gasteiger partial charge < -0.3 is 9.64 Å². The third kappa shape index (κ3) is 4.87. The van der Waals surface area contributed by atoms with E-state index >= 15 is 0 Å². The van der Waals surface area contributed by atoms with E-state index in [2.05, 4.69) is 4.90 Å². The van der Waals surface area contributed by atoms with Gasteiger partial charge in [0.05, 0.1) is 21.3 Å². The molecule has 0 atom stereocenters. The van der Waals surface area contributed by atoms with Crippen LogP contribution in [0.4, 0.5) is 5.69 Å². The Kier molecular flexibility index (Phi) is 6.71. The molecule has 2 aliphatic heterocycles. The molecule has 210 valence electrons. The first-order valence-electron chi connectivity index (χ1n) is 13.0. The number of nitrogens with one attached hydrogen (secondary N) is 1. The van der Waals surface area contributed by atoms with E-state index in [1.165, 1.54) is 22.5 Å². The van der Waals surface area contributed by atoms with E-state index in [1.807, 2.05) is 41.1 Å². The van der Waals surface area contributed by atoms with E-state index in [4.69, 9.17) is 43.9 Å². The molecule has 7 nitrogen and oxygen atoms in total. The Morgan fingerprint density at radius 1 is 0.976 bits per heavy atom. The van der Waals surface area contributed by atoms with Gasteiger partial charge >= 0.3 is 0 Å². The average Bonchev–Trinajstić information content (AvgIpc) is 3.62. The number of halogens is 3. The first kappa shape index (κ1) is 27.0. The van der Waals surface area contributed by atoms with Crippen molar-refractivity contribution in [3.8, 4) is 17.0 Å². The molecule has 1 N–H and O–H groups in total. The lowest BCUT2D eigenvalue weighted by molar-refractivity contribution is 0.0985. The number of sulfonamides is 1. The van der Waals surface area contributed by atoms with Gasteiger partial charge in [0.2, 0.25) is 0 Å². The summed E-state index contributed by atoms with van der Waals surface area (Å²) >= 11 is 21.2. The highest BCUT2D eigenvalue weighted by atomic mass is 35.5. The maximum absolute atomic E-state index is 12.1. The van der Waals surface area contributed by atoms with Gasteiger partial charge in [0.15, 0.2) is 0 Å². The van der Waals surface area contributed by atoms with E-state index < -0.39 is 15.9 Å². The van der Waals surface area contributed by atoms with E-state index in [1.54, 1.807) is 12.1 Å². The van der Waals surface area contributed by atoms with Gasteiger partial charge in [0, 0.05) is 45.7 Å². The van der Waals surface area contributed by atoms with E-state index in [0.29, 0.717) is 46.4 Å². The quantitative estimate of drug-likeness (QED) is 0.227. The number of carbonyl (C=O) groups is 1. The predicted molar refractivity (Wildman–Crippen MR) is 161 cm³/mol. The Morgan fingerprint density at radius 2 is 1.73 bits per heavy atom. The summed E-state index contributed by atoms with van der Waals surface area (Å²) in [6.45, 7) is 1.72. The monoisotopic (exact) mass is 645 g/mol. The van der Waals surface area contributed by atoms with Crippen LogP contribution in [0.5, 0.6) is 5.75 Å². The molecule has 0 unspecified atom stereocenters. The van der Waals surface area contributed by atoms with Crippen LogP contribution >= 0.6 is 46.3 Å². The largest absolute Gasteiger partial charge is 0.489 e. The predicted octanol–water partition coefficient (Wildman–Crippen LogP) is 7.26. The number of hydrogen-bond acceptors (Lipinski definition) is 7. The smallest absolute Gasteiger partial charge is 0.266 e. The zero-order valence-electron chi connectivity index (χ0n) is 21.4. The second kappa shape index (κ2) is 10.2. The van der Waals surface area contributed by atoms with Crippen LogP contribution in [-0.2, 0) is 16.6 Å². The molecule has 3 aromatic carbocycles. The molecule has 7 rings (SSSR count). The van der Waals surface area contributed by atoms with Gasteiger partial charge in [-0.05, 0) is 78.3 Å². The van der Waals surface area contributed by atoms with Crippen molar-refractivity contribution in [1.29, 1.82) is 0 Å².